The first-order valence-corrected chi connectivity index (χ1v) is 6.50. The fourth-order valence-corrected chi connectivity index (χ4v) is 2.14. The van der Waals surface area contributed by atoms with Crippen LogP contribution in [0.15, 0.2) is 36.5 Å². The van der Waals surface area contributed by atoms with Gasteiger partial charge in [0.05, 0.1) is 10.5 Å². The molecule has 0 saturated heterocycles. The number of rotatable bonds is 5. The van der Waals surface area contributed by atoms with Crippen LogP contribution in [0.5, 0.6) is 0 Å². The lowest BCUT2D eigenvalue weighted by Gasteiger charge is -2.24. The summed E-state index contributed by atoms with van der Waals surface area (Å²) in [5.41, 5.74) is 7.79. The van der Waals surface area contributed by atoms with Crippen LogP contribution >= 0.6 is 12.2 Å². The van der Waals surface area contributed by atoms with E-state index in [2.05, 4.69) is 22.9 Å². The lowest BCUT2D eigenvalue weighted by Crippen LogP contribution is -2.27. The number of aromatic nitrogens is 1. The van der Waals surface area contributed by atoms with E-state index in [4.69, 9.17) is 18.0 Å². The Labute approximate surface area is 113 Å². The number of anilines is 1. The van der Waals surface area contributed by atoms with Crippen LogP contribution in [0.1, 0.15) is 13.3 Å². The summed E-state index contributed by atoms with van der Waals surface area (Å²) in [6.07, 6.45) is 2.58. The second-order valence-electron chi connectivity index (χ2n) is 4.14. The molecule has 1 aromatic heterocycles. The van der Waals surface area contributed by atoms with Crippen molar-refractivity contribution in [3.63, 3.8) is 0 Å². The molecule has 1 heterocycles. The van der Waals surface area contributed by atoms with E-state index in [0.717, 1.165) is 25.0 Å². The Morgan fingerprint density at radius 2 is 2.11 bits per heavy atom. The predicted molar refractivity (Wildman–Crippen MR) is 81.0 cm³/mol. The van der Waals surface area contributed by atoms with Gasteiger partial charge in [-0.05, 0) is 19.1 Å². The van der Waals surface area contributed by atoms with E-state index in [1.54, 1.807) is 0 Å². The summed E-state index contributed by atoms with van der Waals surface area (Å²) in [5, 5.41) is 1.17. The zero-order valence-corrected chi connectivity index (χ0v) is 11.3. The summed E-state index contributed by atoms with van der Waals surface area (Å²) in [6, 6.07) is 10.2. The number of hydrogen-bond donors (Lipinski definition) is 1. The van der Waals surface area contributed by atoms with Crippen molar-refractivity contribution in [2.75, 3.05) is 18.0 Å². The van der Waals surface area contributed by atoms with Gasteiger partial charge in [-0.15, -0.1) is 0 Å². The molecule has 0 aliphatic rings. The van der Waals surface area contributed by atoms with E-state index in [-0.39, 0.29) is 0 Å². The van der Waals surface area contributed by atoms with E-state index in [9.17, 15) is 0 Å². The Kier molecular flexibility index (Phi) is 4.10. The number of nitrogens with zero attached hydrogens (tertiary/aromatic N) is 2. The van der Waals surface area contributed by atoms with Crippen molar-refractivity contribution in [2.24, 2.45) is 5.73 Å². The van der Waals surface area contributed by atoms with E-state index in [1.807, 2.05) is 30.5 Å². The predicted octanol–water partition coefficient (Wildman–Crippen LogP) is 2.74. The molecule has 0 spiro atoms. The fourth-order valence-electron chi connectivity index (χ4n) is 2.05. The van der Waals surface area contributed by atoms with Crippen molar-refractivity contribution in [1.29, 1.82) is 0 Å². The molecule has 0 saturated carbocycles. The third-order valence-corrected chi connectivity index (χ3v) is 3.18. The summed E-state index contributed by atoms with van der Waals surface area (Å²) >= 11 is 4.95. The van der Waals surface area contributed by atoms with Crippen LogP contribution in [-0.4, -0.2) is 23.1 Å². The van der Waals surface area contributed by atoms with Crippen LogP contribution in [0.4, 0.5) is 5.69 Å². The van der Waals surface area contributed by atoms with Crippen LogP contribution in [-0.2, 0) is 0 Å². The van der Waals surface area contributed by atoms with Gasteiger partial charge in [-0.3, -0.25) is 4.98 Å². The molecule has 0 fully saturated rings. The van der Waals surface area contributed by atoms with Gasteiger partial charge in [-0.1, -0.05) is 30.4 Å². The largest absolute Gasteiger partial charge is 0.393 e. The highest BCUT2D eigenvalue weighted by Gasteiger charge is 2.08. The number of thiocarbonyl (C=S) groups is 1. The monoisotopic (exact) mass is 259 g/mol. The highest BCUT2D eigenvalue weighted by molar-refractivity contribution is 7.80. The maximum atomic E-state index is 5.58. The number of pyridine rings is 1. The fraction of sp³-hybridized carbons (Fsp3) is 0.286. The van der Waals surface area contributed by atoms with Gasteiger partial charge < -0.3 is 10.6 Å². The van der Waals surface area contributed by atoms with Crippen molar-refractivity contribution >= 4 is 33.8 Å². The molecule has 1 aromatic carbocycles. The molecular formula is C14H17N3S. The zero-order chi connectivity index (χ0) is 13.0. The normalized spacial score (nSPS) is 10.5. The van der Waals surface area contributed by atoms with Gasteiger partial charge in [0.2, 0.25) is 0 Å². The first-order valence-electron chi connectivity index (χ1n) is 6.09. The molecule has 94 valence electrons. The minimum atomic E-state index is 0.562. The number of nitrogens with two attached hydrogens (primary N) is 1. The number of benzene rings is 1. The van der Waals surface area contributed by atoms with Gasteiger partial charge >= 0.3 is 0 Å². The zero-order valence-electron chi connectivity index (χ0n) is 10.5. The number of fused-ring (bicyclic) bond motifs is 1. The van der Waals surface area contributed by atoms with Crippen molar-refractivity contribution < 1.29 is 0 Å². The quantitative estimate of drug-likeness (QED) is 0.838. The summed E-state index contributed by atoms with van der Waals surface area (Å²) in [4.78, 5) is 7.22. The third kappa shape index (κ3) is 2.76. The van der Waals surface area contributed by atoms with E-state index in [0.29, 0.717) is 4.99 Å². The van der Waals surface area contributed by atoms with Crippen LogP contribution in [0.2, 0.25) is 0 Å². The van der Waals surface area contributed by atoms with Gasteiger partial charge in [0.1, 0.15) is 0 Å². The maximum absolute atomic E-state index is 5.58. The minimum absolute atomic E-state index is 0.562. The molecule has 0 atom stereocenters. The molecule has 2 N–H and O–H groups in total. The molecule has 18 heavy (non-hydrogen) atoms. The Bertz CT molecular complexity index is 548. The standard InChI is InChI=1S/C14H17N3S/c1-2-17(10-8-14(15)18)13-7-9-16-12-6-4-3-5-11(12)13/h3-7,9H,2,8,10H2,1H3,(H2,15,18). The van der Waals surface area contributed by atoms with Gasteiger partial charge in [0.15, 0.2) is 0 Å². The molecule has 2 aromatic rings. The Balaban J connectivity index is 2.35. The molecular weight excluding hydrogens is 242 g/mol. The van der Waals surface area contributed by atoms with E-state index in [1.165, 1.54) is 11.1 Å². The second-order valence-corrected chi connectivity index (χ2v) is 4.67. The Hall–Kier alpha value is -1.68. The summed E-state index contributed by atoms with van der Waals surface area (Å²) < 4.78 is 0. The first kappa shape index (κ1) is 12.8. The van der Waals surface area contributed by atoms with Crippen molar-refractivity contribution in [3.05, 3.63) is 36.5 Å². The first-order chi connectivity index (χ1) is 8.72. The van der Waals surface area contributed by atoms with Gasteiger partial charge in [0.25, 0.3) is 0 Å². The van der Waals surface area contributed by atoms with Crippen molar-refractivity contribution in [3.8, 4) is 0 Å². The second kappa shape index (κ2) is 5.78. The average Bonchev–Trinajstić information content (AvgIpc) is 2.39. The van der Waals surface area contributed by atoms with Gasteiger partial charge in [0, 0.05) is 36.8 Å². The average molecular weight is 259 g/mol. The minimum Gasteiger partial charge on any atom is -0.393 e. The molecule has 0 radical (unpaired) electrons. The lowest BCUT2D eigenvalue weighted by molar-refractivity contribution is 0.840. The highest BCUT2D eigenvalue weighted by atomic mass is 32.1. The van der Waals surface area contributed by atoms with Crippen LogP contribution in [0, 0.1) is 0 Å². The molecule has 0 unspecified atom stereocenters. The lowest BCUT2D eigenvalue weighted by atomic mass is 10.1. The Morgan fingerprint density at radius 1 is 1.33 bits per heavy atom. The Morgan fingerprint density at radius 3 is 2.83 bits per heavy atom. The summed E-state index contributed by atoms with van der Waals surface area (Å²) in [7, 11) is 0. The topological polar surface area (TPSA) is 42.1 Å². The van der Waals surface area contributed by atoms with Crippen LogP contribution < -0.4 is 10.6 Å². The smallest absolute Gasteiger partial charge is 0.0745 e. The summed E-state index contributed by atoms with van der Waals surface area (Å²) in [6.45, 7) is 3.91. The van der Waals surface area contributed by atoms with Crippen LogP contribution in [0.25, 0.3) is 10.9 Å². The number of hydrogen-bond acceptors (Lipinski definition) is 3. The molecule has 0 aliphatic carbocycles. The third-order valence-electron chi connectivity index (χ3n) is 2.98. The molecule has 4 heteroatoms. The van der Waals surface area contributed by atoms with Gasteiger partial charge in [-0.2, -0.15) is 0 Å². The maximum Gasteiger partial charge on any atom is 0.0745 e. The molecule has 0 aliphatic heterocycles. The highest BCUT2D eigenvalue weighted by Crippen LogP contribution is 2.24. The van der Waals surface area contributed by atoms with Gasteiger partial charge in [-0.25, -0.2) is 0 Å². The summed E-state index contributed by atoms with van der Waals surface area (Å²) in [5.74, 6) is 0. The van der Waals surface area contributed by atoms with Crippen LogP contribution in [0.3, 0.4) is 0 Å². The molecule has 2 rings (SSSR count). The van der Waals surface area contributed by atoms with Crippen molar-refractivity contribution in [1.82, 2.24) is 4.98 Å². The number of para-hydroxylation sites is 1. The molecule has 0 bridgehead atoms. The van der Waals surface area contributed by atoms with Crippen molar-refractivity contribution in [2.45, 2.75) is 13.3 Å². The SMILES string of the molecule is CCN(CCC(N)=S)c1ccnc2ccccc12. The molecule has 3 nitrogen and oxygen atoms in total. The van der Waals surface area contributed by atoms with E-state index < -0.39 is 0 Å². The molecule has 0 amide bonds. The van der Waals surface area contributed by atoms with E-state index >= 15 is 0 Å².